The average molecular weight is 123 g/mol. The van der Waals surface area contributed by atoms with E-state index in [1.54, 1.807) is 6.21 Å². The van der Waals surface area contributed by atoms with Gasteiger partial charge in [-0.15, -0.1) is 0 Å². The SMILES string of the molecule is C=CN=C/C=C\C(C)C. The lowest BCUT2D eigenvalue weighted by atomic mass is 10.2. The third-order valence-corrected chi connectivity index (χ3v) is 0.774. The van der Waals surface area contributed by atoms with Crippen LogP contribution in [0, 0.1) is 5.92 Å². The molecule has 0 aromatic rings. The minimum Gasteiger partial charge on any atom is -0.265 e. The van der Waals surface area contributed by atoms with Gasteiger partial charge in [0, 0.05) is 12.4 Å². The van der Waals surface area contributed by atoms with Crippen molar-refractivity contribution in [1.29, 1.82) is 0 Å². The molecule has 0 aliphatic carbocycles. The van der Waals surface area contributed by atoms with Crippen molar-refractivity contribution in [1.82, 2.24) is 0 Å². The van der Waals surface area contributed by atoms with Crippen molar-refractivity contribution in [3.63, 3.8) is 0 Å². The summed E-state index contributed by atoms with van der Waals surface area (Å²) in [6.07, 6.45) is 7.25. The molecule has 0 aliphatic heterocycles. The predicted molar refractivity (Wildman–Crippen MR) is 42.7 cm³/mol. The van der Waals surface area contributed by atoms with Gasteiger partial charge in [0.15, 0.2) is 0 Å². The second kappa shape index (κ2) is 5.29. The summed E-state index contributed by atoms with van der Waals surface area (Å²) in [6, 6.07) is 0. The van der Waals surface area contributed by atoms with Crippen LogP contribution in [0.4, 0.5) is 0 Å². The second-order valence-corrected chi connectivity index (χ2v) is 2.11. The summed E-state index contributed by atoms with van der Waals surface area (Å²) < 4.78 is 0. The molecule has 0 bridgehead atoms. The first kappa shape index (κ1) is 8.15. The summed E-state index contributed by atoms with van der Waals surface area (Å²) in [5, 5.41) is 0. The molecular formula is C8H13N. The smallest absolute Gasteiger partial charge is 0.0264 e. The van der Waals surface area contributed by atoms with Gasteiger partial charge in [-0.2, -0.15) is 0 Å². The molecule has 0 aromatic carbocycles. The van der Waals surface area contributed by atoms with E-state index in [0.717, 1.165) is 0 Å². The van der Waals surface area contributed by atoms with Crippen molar-refractivity contribution in [3.05, 3.63) is 24.9 Å². The maximum absolute atomic E-state index is 3.80. The Balaban J connectivity index is 3.46. The van der Waals surface area contributed by atoms with E-state index >= 15 is 0 Å². The molecule has 0 aliphatic rings. The zero-order chi connectivity index (χ0) is 7.11. The minimum absolute atomic E-state index is 0.598. The monoisotopic (exact) mass is 123 g/mol. The van der Waals surface area contributed by atoms with Crippen molar-refractivity contribution in [2.24, 2.45) is 10.9 Å². The standard InChI is InChI=1S/C8H13N/c1-4-9-7-5-6-8(2)3/h4-8H,1H2,2-3H3/b6-5-,9-7?. The maximum atomic E-state index is 3.80. The van der Waals surface area contributed by atoms with Crippen LogP contribution < -0.4 is 0 Å². The molecule has 50 valence electrons. The van der Waals surface area contributed by atoms with Crippen molar-refractivity contribution in [2.75, 3.05) is 0 Å². The summed E-state index contributed by atoms with van der Waals surface area (Å²) in [5.74, 6) is 0.598. The number of allylic oxidation sites excluding steroid dienone is 2. The van der Waals surface area contributed by atoms with Crippen molar-refractivity contribution in [3.8, 4) is 0 Å². The highest BCUT2D eigenvalue weighted by Crippen LogP contribution is 1.90. The summed E-state index contributed by atoms with van der Waals surface area (Å²) in [6.45, 7) is 7.69. The van der Waals surface area contributed by atoms with Crippen molar-refractivity contribution < 1.29 is 0 Å². The fourth-order valence-corrected chi connectivity index (χ4v) is 0.382. The van der Waals surface area contributed by atoms with E-state index in [2.05, 4.69) is 31.5 Å². The van der Waals surface area contributed by atoms with E-state index in [9.17, 15) is 0 Å². The van der Waals surface area contributed by atoms with E-state index in [1.807, 2.05) is 6.08 Å². The van der Waals surface area contributed by atoms with Gasteiger partial charge in [-0.25, -0.2) is 0 Å². The van der Waals surface area contributed by atoms with Crippen molar-refractivity contribution in [2.45, 2.75) is 13.8 Å². The zero-order valence-electron chi connectivity index (χ0n) is 6.04. The lowest BCUT2D eigenvalue weighted by Crippen LogP contribution is -1.76. The Labute approximate surface area is 56.8 Å². The third kappa shape index (κ3) is 7.15. The Morgan fingerprint density at radius 1 is 1.44 bits per heavy atom. The minimum atomic E-state index is 0.598. The summed E-state index contributed by atoms with van der Waals surface area (Å²) in [5.41, 5.74) is 0. The fraction of sp³-hybridized carbons (Fsp3) is 0.375. The molecule has 0 unspecified atom stereocenters. The van der Waals surface area contributed by atoms with Crippen molar-refractivity contribution >= 4 is 6.21 Å². The molecule has 0 spiro atoms. The molecule has 1 nitrogen and oxygen atoms in total. The van der Waals surface area contributed by atoms with E-state index in [0.29, 0.717) is 5.92 Å². The largest absolute Gasteiger partial charge is 0.265 e. The van der Waals surface area contributed by atoms with E-state index in [-0.39, 0.29) is 0 Å². The molecule has 0 radical (unpaired) electrons. The molecule has 0 rings (SSSR count). The number of rotatable bonds is 3. The van der Waals surface area contributed by atoms with Gasteiger partial charge in [-0.3, -0.25) is 4.99 Å². The van der Waals surface area contributed by atoms with Crippen LogP contribution in [-0.2, 0) is 0 Å². The molecule has 0 saturated heterocycles. The molecule has 0 heterocycles. The number of hydrogen-bond donors (Lipinski definition) is 0. The van der Waals surface area contributed by atoms with E-state index in [1.165, 1.54) is 6.20 Å². The highest BCUT2D eigenvalue weighted by molar-refractivity contribution is 5.71. The second-order valence-electron chi connectivity index (χ2n) is 2.11. The Morgan fingerprint density at radius 3 is 2.56 bits per heavy atom. The van der Waals surface area contributed by atoms with Gasteiger partial charge < -0.3 is 0 Å². The highest BCUT2D eigenvalue weighted by atomic mass is 14.6. The molecule has 0 aromatic heterocycles. The summed E-state index contributed by atoms with van der Waals surface area (Å²) >= 11 is 0. The molecule has 1 heteroatoms. The quantitative estimate of drug-likeness (QED) is 0.511. The van der Waals surface area contributed by atoms with Crippen LogP contribution in [0.25, 0.3) is 0 Å². The van der Waals surface area contributed by atoms with Crippen LogP contribution in [0.5, 0.6) is 0 Å². The van der Waals surface area contributed by atoms with Gasteiger partial charge in [-0.05, 0) is 12.0 Å². The molecule has 0 fully saturated rings. The van der Waals surface area contributed by atoms with E-state index < -0.39 is 0 Å². The first-order valence-corrected chi connectivity index (χ1v) is 3.08. The molecule has 9 heavy (non-hydrogen) atoms. The highest BCUT2D eigenvalue weighted by Gasteiger charge is 1.78. The lowest BCUT2D eigenvalue weighted by molar-refractivity contribution is 0.833. The van der Waals surface area contributed by atoms with Crippen LogP contribution in [0.15, 0.2) is 29.9 Å². The topological polar surface area (TPSA) is 12.4 Å². The maximum Gasteiger partial charge on any atom is 0.0264 e. The normalized spacial score (nSPS) is 11.9. The van der Waals surface area contributed by atoms with Gasteiger partial charge in [0.25, 0.3) is 0 Å². The fourth-order valence-electron chi connectivity index (χ4n) is 0.382. The zero-order valence-corrected chi connectivity index (χ0v) is 6.04. The molecule has 0 N–H and O–H groups in total. The molecule has 0 atom stereocenters. The third-order valence-electron chi connectivity index (χ3n) is 0.774. The summed E-state index contributed by atoms with van der Waals surface area (Å²) in [7, 11) is 0. The average Bonchev–Trinajstić information content (AvgIpc) is 1.80. The van der Waals surface area contributed by atoms with Gasteiger partial charge in [0.1, 0.15) is 0 Å². The Hall–Kier alpha value is -0.850. The summed E-state index contributed by atoms with van der Waals surface area (Å²) in [4.78, 5) is 3.80. The number of hydrogen-bond acceptors (Lipinski definition) is 1. The molecule has 0 saturated carbocycles. The van der Waals surface area contributed by atoms with Crippen LogP contribution in [0.2, 0.25) is 0 Å². The van der Waals surface area contributed by atoms with E-state index in [4.69, 9.17) is 0 Å². The number of nitrogens with zero attached hydrogens (tertiary/aromatic N) is 1. The Kier molecular flexibility index (Phi) is 4.79. The molecular weight excluding hydrogens is 110 g/mol. The van der Waals surface area contributed by atoms with Gasteiger partial charge in [-0.1, -0.05) is 26.5 Å². The van der Waals surface area contributed by atoms with Crippen LogP contribution in [-0.4, -0.2) is 6.21 Å². The van der Waals surface area contributed by atoms with Gasteiger partial charge in [0.05, 0.1) is 0 Å². The molecule has 0 amide bonds. The lowest BCUT2D eigenvalue weighted by Gasteiger charge is -1.87. The van der Waals surface area contributed by atoms with Gasteiger partial charge in [0.2, 0.25) is 0 Å². The first-order chi connectivity index (χ1) is 4.27. The first-order valence-electron chi connectivity index (χ1n) is 3.08. The van der Waals surface area contributed by atoms with Gasteiger partial charge >= 0.3 is 0 Å². The Morgan fingerprint density at radius 2 is 2.11 bits per heavy atom. The van der Waals surface area contributed by atoms with Crippen LogP contribution in [0.1, 0.15) is 13.8 Å². The predicted octanol–water partition coefficient (Wildman–Crippen LogP) is 2.41. The Bertz CT molecular complexity index is 121. The van der Waals surface area contributed by atoms with Crippen LogP contribution in [0.3, 0.4) is 0 Å². The van der Waals surface area contributed by atoms with Crippen LogP contribution >= 0.6 is 0 Å². The number of aliphatic imine (C=N–C) groups is 1.